The fourth-order valence-corrected chi connectivity index (χ4v) is 0.0645. The molecule has 0 aromatic carbocycles. The third kappa shape index (κ3) is 1.54. The topological polar surface area (TPSA) is 23.8 Å². The highest BCUT2D eigenvalue weighted by Crippen LogP contribution is 1.83. The summed E-state index contributed by atoms with van der Waals surface area (Å²) >= 11 is 0. The molecule has 0 amide bonds. The van der Waals surface area contributed by atoms with Gasteiger partial charge < -0.3 is 0 Å². The average molecular weight is 81.1 g/mol. The molecule has 1 nitrogen and oxygen atoms in total. The second kappa shape index (κ2) is 2.47. The van der Waals surface area contributed by atoms with Gasteiger partial charge in [0.25, 0.3) is 0 Å². The van der Waals surface area contributed by atoms with Crippen molar-refractivity contribution in [3.63, 3.8) is 0 Å². The van der Waals surface area contributed by atoms with Crippen LogP contribution in [0.2, 0.25) is 0 Å². The lowest BCUT2D eigenvalue weighted by Gasteiger charge is -1.70. The van der Waals surface area contributed by atoms with Crippen LogP contribution in [0, 0.1) is 11.3 Å². The van der Waals surface area contributed by atoms with Gasteiger partial charge in [-0.05, 0) is 13.8 Å². The smallest absolute Gasteiger partial charge is 0.0940 e. The first-order chi connectivity index (χ1) is 2.81. The number of rotatable bonds is 0. The second-order valence-corrected chi connectivity index (χ2v) is 1.08. The normalized spacial score (nSPS) is 10.5. The van der Waals surface area contributed by atoms with Crippen LogP contribution in [-0.2, 0) is 0 Å². The minimum atomic E-state index is 0.773. The highest BCUT2D eigenvalue weighted by atomic mass is 14.2. The Hall–Kier alpha value is -0.770. The summed E-state index contributed by atoms with van der Waals surface area (Å²) in [6.45, 7) is 3.62. The Morgan fingerprint density at radius 2 is 2.33 bits per heavy atom. The highest BCUT2D eigenvalue weighted by molar-refractivity contribution is 5.15. The number of allylic oxidation sites excluding steroid dienone is 2. The Morgan fingerprint density at radius 3 is 2.33 bits per heavy atom. The summed E-state index contributed by atoms with van der Waals surface area (Å²) in [4.78, 5) is 0. The van der Waals surface area contributed by atoms with Crippen molar-refractivity contribution in [2.24, 2.45) is 0 Å². The molecule has 6 heavy (non-hydrogen) atoms. The van der Waals surface area contributed by atoms with Crippen LogP contribution in [0.3, 0.4) is 0 Å². The van der Waals surface area contributed by atoms with Crippen LogP contribution in [0.15, 0.2) is 11.6 Å². The van der Waals surface area contributed by atoms with Crippen LogP contribution in [0.25, 0.3) is 0 Å². The quantitative estimate of drug-likeness (QED) is 0.405. The van der Waals surface area contributed by atoms with Crippen molar-refractivity contribution in [1.82, 2.24) is 0 Å². The molecule has 0 rings (SSSR count). The predicted molar refractivity (Wildman–Crippen MR) is 25.0 cm³/mol. The van der Waals surface area contributed by atoms with Crippen molar-refractivity contribution < 1.29 is 0 Å². The first-order valence-electron chi connectivity index (χ1n) is 1.84. The molecule has 0 atom stereocenters. The Labute approximate surface area is 37.9 Å². The Morgan fingerprint density at radius 1 is 1.83 bits per heavy atom. The molecule has 0 aliphatic rings. The van der Waals surface area contributed by atoms with Gasteiger partial charge in [0.1, 0.15) is 0 Å². The van der Waals surface area contributed by atoms with E-state index in [0.717, 1.165) is 5.57 Å². The van der Waals surface area contributed by atoms with Crippen LogP contribution in [0.5, 0.6) is 0 Å². The first-order valence-corrected chi connectivity index (χ1v) is 1.84. The monoisotopic (exact) mass is 81.1 g/mol. The van der Waals surface area contributed by atoms with Gasteiger partial charge in [-0.3, -0.25) is 0 Å². The molecular weight excluding hydrogens is 74.1 g/mol. The fourth-order valence-electron chi connectivity index (χ4n) is 0.0645. The lowest BCUT2D eigenvalue weighted by Crippen LogP contribution is -1.58. The van der Waals surface area contributed by atoms with E-state index in [0.29, 0.717) is 0 Å². The van der Waals surface area contributed by atoms with E-state index < -0.39 is 0 Å². The molecule has 0 bridgehead atoms. The number of hydrogen-bond acceptors (Lipinski definition) is 1. The van der Waals surface area contributed by atoms with Gasteiger partial charge in [0, 0.05) is 5.57 Å². The standard InChI is InChI=1S/C5H7N/c1-3-5(2)4-6/h3H,1-2H3. The molecule has 0 aromatic heterocycles. The SMILES string of the molecule is CC=C(C)C#N. The molecule has 0 heterocycles. The molecular formula is C5H7N. The summed E-state index contributed by atoms with van der Waals surface area (Å²) in [5.74, 6) is 0. The molecule has 0 aliphatic carbocycles. The van der Waals surface area contributed by atoms with Gasteiger partial charge in [0.15, 0.2) is 0 Å². The van der Waals surface area contributed by atoms with Crippen molar-refractivity contribution in [3.8, 4) is 6.07 Å². The third-order valence-corrected chi connectivity index (χ3v) is 0.609. The second-order valence-electron chi connectivity index (χ2n) is 1.08. The maximum absolute atomic E-state index is 8.02. The van der Waals surface area contributed by atoms with Gasteiger partial charge in [-0.2, -0.15) is 5.26 Å². The van der Waals surface area contributed by atoms with Gasteiger partial charge in [-0.25, -0.2) is 0 Å². The van der Waals surface area contributed by atoms with E-state index >= 15 is 0 Å². The van der Waals surface area contributed by atoms with Crippen LogP contribution in [-0.4, -0.2) is 0 Å². The first kappa shape index (κ1) is 5.23. The molecule has 1 heteroatoms. The average Bonchev–Trinajstić information content (AvgIpc) is 1.65. The molecule has 0 spiro atoms. The van der Waals surface area contributed by atoms with Crippen molar-refractivity contribution in [3.05, 3.63) is 11.6 Å². The van der Waals surface area contributed by atoms with Crippen LogP contribution in [0.4, 0.5) is 0 Å². The molecule has 32 valence electrons. The summed E-state index contributed by atoms with van der Waals surface area (Å²) in [6, 6.07) is 1.98. The Balaban J connectivity index is 3.61. The van der Waals surface area contributed by atoms with E-state index in [-0.39, 0.29) is 0 Å². The molecule has 0 aliphatic heterocycles. The van der Waals surface area contributed by atoms with E-state index in [4.69, 9.17) is 5.26 Å². The molecule has 0 saturated heterocycles. The van der Waals surface area contributed by atoms with Crippen LogP contribution >= 0.6 is 0 Å². The largest absolute Gasteiger partial charge is 0.193 e. The van der Waals surface area contributed by atoms with E-state index in [1.807, 2.05) is 13.0 Å². The maximum atomic E-state index is 8.02. The van der Waals surface area contributed by atoms with E-state index in [2.05, 4.69) is 0 Å². The van der Waals surface area contributed by atoms with Crippen molar-refractivity contribution in [2.75, 3.05) is 0 Å². The zero-order valence-corrected chi connectivity index (χ0v) is 4.02. The summed E-state index contributed by atoms with van der Waals surface area (Å²) in [7, 11) is 0. The zero-order chi connectivity index (χ0) is 4.99. The van der Waals surface area contributed by atoms with E-state index in [1.165, 1.54) is 0 Å². The molecule has 0 N–H and O–H groups in total. The molecule has 0 fully saturated rings. The van der Waals surface area contributed by atoms with Crippen molar-refractivity contribution in [1.29, 1.82) is 5.26 Å². The number of nitriles is 1. The summed E-state index contributed by atoms with van der Waals surface area (Å²) < 4.78 is 0. The molecule has 0 aromatic rings. The summed E-state index contributed by atoms with van der Waals surface area (Å²) in [5, 5.41) is 8.02. The van der Waals surface area contributed by atoms with E-state index in [9.17, 15) is 0 Å². The Kier molecular flexibility index (Phi) is 2.15. The maximum Gasteiger partial charge on any atom is 0.0940 e. The molecule has 0 radical (unpaired) electrons. The van der Waals surface area contributed by atoms with Gasteiger partial charge in [0.05, 0.1) is 6.07 Å². The third-order valence-electron chi connectivity index (χ3n) is 0.609. The highest BCUT2D eigenvalue weighted by Gasteiger charge is 1.71. The summed E-state index contributed by atoms with van der Waals surface area (Å²) in [6.07, 6.45) is 1.78. The number of hydrogen-bond donors (Lipinski definition) is 0. The van der Waals surface area contributed by atoms with Crippen LogP contribution < -0.4 is 0 Å². The summed E-state index contributed by atoms with van der Waals surface area (Å²) in [5.41, 5.74) is 0.773. The molecule has 0 unspecified atom stereocenters. The Bertz CT molecular complexity index is 95.0. The van der Waals surface area contributed by atoms with Gasteiger partial charge >= 0.3 is 0 Å². The van der Waals surface area contributed by atoms with Gasteiger partial charge in [0.2, 0.25) is 0 Å². The molecule has 0 saturated carbocycles. The predicted octanol–water partition coefficient (Wildman–Crippen LogP) is 1.48. The van der Waals surface area contributed by atoms with Gasteiger partial charge in [-0.1, -0.05) is 6.08 Å². The van der Waals surface area contributed by atoms with Crippen molar-refractivity contribution >= 4 is 0 Å². The van der Waals surface area contributed by atoms with Gasteiger partial charge in [-0.15, -0.1) is 0 Å². The lowest BCUT2D eigenvalue weighted by molar-refractivity contribution is 1.42. The number of nitrogens with zero attached hydrogens (tertiary/aromatic N) is 1. The van der Waals surface area contributed by atoms with E-state index in [1.54, 1.807) is 13.0 Å². The fraction of sp³-hybridized carbons (Fsp3) is 0.400. The lowest BCUT2D eigenvalue weighted by atomic mass is 10.3. The minimum absolute atomic E-state index is 0.773. The van der Waals surface area contributed by atoms with Crippen molar-refractivity contribution in [2.45, 2.75) is 13.8 Å². The minimum Gasteiger partial charge on any atom is -0.193 e. The zero-order valence-electron chi connectivity index (χ0n) is 4.02. The van der Waals surface area contributed by atoms with Crippen LogP contribution in [0.1, 0.15) is 13.8 Å².